The highest BCUT2D eigenvalue weighted by molar-refractivity contribution is 7.99. The molecule has 0 aliphatic heterocycles. The Kier molecular flexibility index (Phi) is 7.82. The number of hydrogen-bond acceptors (Lipinski definition) is 4. The molecule has 0 saturated carbocycles. The van der Waals surface area contributed by atoms with Gasteiger partial charge in [0, 0.05) is 23.6 Å². The van der Waals surface area contributed by atoms with Crippen molar-refractivity contribution < 1.29 is 18.7 Å². The summed E-state index contributed by atoms with van der Waals surface area (Å²) in [4.78, 5) is 25.4. The Labute approximate surface area is 128 Å². The molecule has 4 nitrogen and oxygen atoms in total. The van der Waals surface area contributed by atoms with E-state index in [1.54, 1.807) is 32.0 Å². The van der Waals surface area contributed by atoms with Crippen molar-refractivity contribution in [3.05, 3.63) is 30.1 Å². The van der Waals surface area contributed by atoms with Crippen LogP contribution in [-0.4, -0.2) is 42.2 Å². The molecule has 0 aliphatic carbocycles. The number of nitrogens with zero attached hydrogens (tertiary/aromatic N) is 1. The van der Waals surface area contributed by atoms with Crippen molar-refractivity contribution >= 4 is 23.6 Å². The van der Waals surface area contributed by atoms with Crippen LogP contribution in [0.25, 0.3) is 0 Å². The molecule has 0 unspecified atom stereocenters. The average molecular weight is 313 g/mol. The molecule has 116 valence electrons. The Hall–Kier alpha value is -1.56. The van der Waals surface area contributed by atoms with E-state index in [1.165, 1.54) is 22.7 Å². The maximum absolute atomic E-state index is 13.4. The summed E-state index contributed by atoms with van der Waals surface area (Å²) in [6.45, 7) is 4.24. The molecule has 1 rings (SSSR count). The Morgan fingerprint density at radius 1 is 1.29 bits per heavy atom. The molecule has 6 heteroatoms. The van der Waals surface area contributed by atoms with Crippen molar-refractivity contribution in [1.29, 1.82) is 0 Å². The summed E-state index contributed by atoms with van der Waals surface area (Å²) in [7, 11) is 0. The molecule has 0 atom stereocenters. The van der Waals surface area contributed by atoms with Crippen molar-refractivity contribution in [2.24, 2.45) is 0 Å². The van der Waals surface area contributed by atoms with E-state index in [1.807, 2.05) is 0 Å². The van der Waals surface area contributed by atoms with Crippen molar-refractivity contribution in [2.75, 3.05) is 25.4 Å². The first-order valence-corrected chi connectivity index (χ1v) is 7.87. The van der Waals surface area contributed by atoms with E-state index in [0.29, 0.717) is 23.8 Å². The number of rotatable bonds is 8. The van der Waals surface area contributed by atoms with Gasteiger partial charge < -0.3 is 9.64 Å². The molecule has 0 saturated heterocycles. The van der Waals surface area contributed by atoms with Crippen molar-refractivity contribution in [3.63, 3.8) is 0 Å². The van der Waals surface area contributed by atoms with Gasteiger partial charge in [-0.15, -0.1) is 11.8 Å². The van der Waals surface area contributed by atoms with Gasteiger partial charge in [-0.1, -0.05) is 12.1 Å². The number of amides is 1. The minimum atomic E-state index is -0.408. The molecule has 0 aromatic heterocycles. The number of thioether (sulfide) groups is 1. The lowest BCUT2D eigenvalue weighted by atomic mass is 10.3. The molecule has 1 aromatic rings. The number of halogens is 1. The van der Waals surface area contributed by atoms with E-state index in [-0.39, 0.29) is 24.7 Å². The molecule has 1 aromatic carbocycles. The van der Waals surface area contributed by atoms with Crippen LogP contribution >= 0.6 is 11.8 Å². The van der Waals surface area contributed by atoms with Gasteiger partial charge in [-0.3, -0.25) is 9.59 Å². The first kappa shape index (κ1) is 17.5. The van der Waals surface area contributed by atoms with Crippen LogP contribution < -0.4 is 0 Å². The molecule has 0 heterocycles. The van der Waals surface area contributed by atoms with Gasteiger partial charge >= 0.3 is 5.97 Å². The van der Waals surface area contributed by atoms with Crippen LogP contribution in [0.1, 0.15) is 20.3 Å². The van der Waals surface area contributed by atoms with Crippen LogP contribution in [-0.2, 0) is 14.3 Å². The van der Waals surface area contributed by atoms with Crippen LogP contribution in [0.15, 0.2) is 29.2 Å². The number of ether oxygens (including phenoxy) is 1. The molecule has 1 amide bonds. The van der Waals surface area contributed by atoms with E-state index in [9.17, 15) is 14.0 Å². The molecule has 0 spiro atoms. The minimum Gasteiger partial charge on any atom is -0.465 e. The second-order valence-electron chi connectivity index (χ2n) is 4.24. The minimum absolute atomic E-state index is 0.0342. The molecule has 0 aliphatic rings. The number of carbonyl (C=O) groups is 2. The summed E-state index contributed by atoms with van der Waals surface area (Å²) >= 11 is 1.29. The summed E-state index contributed by atoms with van der Waals surface area (Å²) in [5.41, 5.74) is 0. The molecular weight excluding hydrogens is 293 g/mol. The highest BCUT2D eigenvalue weighted by atomic mass is 32.2. The Morgan fingerprint density at radius 2 is 2.00 bits per heavy atom. The van der Waals surface area contributed by atoms with Gasteiger partial charge in [0.05, 0.1) is 6.61 Å². The third-order valence-electron chi connectivity index (χ3n) is 2.77. The van der Waals surface area contributed by atoms with Gasteiger partial charge in [0.15, 0.2) is 0 Å². The number of esters is 1. The van der Waals surface area contributed by atoms with Crippen LogP contribution in [0.3, 0.4) is 0 Å². The summed E-state index contributed by atoms with van der Waals surface area (Å²) < 4.78 is 18.2. The summed E-state index contributed by atoms with van der Waals surface area (Å²) in [6.07, 6.45) is 0.256. The summed E-state index contributed by atoms with van der Waals surface area (Å²) in [5, 5.41) is 0. The number of likely N-dealkylation sites (N-methyl/N-ethyl adjacent to an activating group) is 1. The standard InChI is InChI=1S/C15H20FNO3S/c1-3-17(11-15(19)20-4-2)14(18)9-10-21-13-8-6-5-7-12(13)16/h5-8H,3-4,9-11H2,1-2H3. The van der Waals surface area contributed by atoms with E-state index in [0.717, 1.165) is 0 Å². The van der Waals surface area contributed by atoms with Gasteiger partial charge in [-0.2, -0.15) is 0 Å². The van der Waals surface area contributed by atoms with Gasteiger partial charge in [0.25, 0.3) is 0 Å². The zero-order valence-corrected chi connectivity index (χ0v) is 13.1. The number of hydrogen-bond donors (Lipinski definition) is 0. The maximum atomic E-state index is 13.4. The average Bonchev–Trinajstić information content (AvgIpc) is 2.47. The molecule has 0 fully saturated rings. The van der Waals surface area contributed by atoms with Crippen molar-refractivity contribution in [1.82, 2.24) is 4.90 Å². The van der Waals surface area contributed by atoms with Crippen molar-refractivity contribution in [3.8, 4) is 0 Å². The Bertz CT molecular complexity index is 482. The first-order valence-electron chi connectivity index (χ1n) is 6.89. The van der Waals surface area contributed by atoms with Crippen LogP contribution in [0.2, 0.25) is 0 Å². The van der Waals surface area contributed by atoms with Gasteiger partial charge in [0.1, 0.15) is 12.4 Å². The number of benzene rings is 1. The molecule has 21 heavy (non-hydrogen) atoms. The second kappa shape index (κ2) is 9.39. The van der Waals surface area contributed by atoms with Gasteiger partial charge in [-0.25, -0.2) is 4.39 Å². The fourth-order valence-electron chi connectivity index (χ4n) is 1.71. The van der Waals surface area contributed by atoms with Crippen molar-refractivity contribution in [2.45, 2.75) is 25.2 Å². The molecule has 0 bridgehead atoms. The zero-order valence-electron chi connectivity index (χ0n) is 12.3. The third-order valence-corrected chi connectivity index (χ3v) is 3.82. The van der Waals surface area contributed by atoms with Crippen LogP contribution in [0.5, 0.6) is 0 Å². The normalized spacial score (nSPS) is 10.2. The lowest BCUT2D eigenvalue weighted by Gasteiger charge is -2.19. The summed E-state index contributed by atoms with van der Waals surface area (Å²) in [5.74, 6) is -0.350. The van der Waals surface area contributed by atoms with Crippen LogP contribution in [0.4, 0.5) is 4.39 Å². The highest BCUT2D eigenvalue weighted by Gasteiger charge is 2.16. The topological polar surface area (TPSA) is 46.6 Å². The fraction of sp³-hybridized carbons (Fsp3) is 0.467. The van der Waals surface area contributed by atoms with Gasteiger partial charge in [0.2, 0.25) is 5.91 Å². The smallest absolute Gasteiger partial charge is 0.325 e. The SMILES string of the molecule is CCOC(=O)CN(CC)C(=O)CCSc1ccccc1F. The Morgan fingerprint density at radius 3 is 2.62 bits per heavy atom. The lowest BCUT2D eigenvalue weighted by molar-refractivity contribution is -0.148. The lowest BCUT2D eigenvalue weighted by Crippen LogP contribution is -2.36. The first-order chi connectivity index (χ1) is 10.1. The largest absolute Gasteiger partial charge is 0.465 e. The zero-order chi connectivity index (χ0) is 15.7. The predicted octanol–water partition coefficient (Wildman–Crippen LogP) is 2.72. The highest BCUT2D eigenvalue weighted by Crippen LogP contribution is 2.21. The van der Waals surface area contributed by atoms with E-state index in [4.69, 9.17) is 4.74 Å². The van der Waals surface area contributed by atoms with Gasteiger partial charge in [-0.05, 0) is 26.0 Å². The van der Waals surface area contributed by atoms with E-state index in [2.05, 4.69) is 0 Å². The second-order valence-corrected chi connectivity index (χ2v) is 5.38. The predicted molar refractivity (Wildman–Crippen MR) is 80.6 cm³/mol. The molecule has 0 radical (unpaired) electrons. The molecular formula is C15H20FNO3S. The van der Waals surface area contributed by atoms with Crippen LogP contribution in [0, 0.1) is 5.82 Å². The fourth-order valence-corrected chi connectivity index (χ4v) is 2.58. The summed E-state index contributed by atoms with van der Waals surface area (Å²) in [6, 6.07) is 6.46. The Balaban J connectivity index is 2.41. The molecule has 0 N–H and O–H groups in total. The monoisotopic (exact) mass is 313 g/mol. The quantitative estimate of drug-likeness (QED) is 0.547. The maximum Gasteiger partial charge on any atom is 0.325 e. The van der Waals surface area contributed by atoms with E-state index < -0.39 is 5.97 Å². The van der Waals surface area contributed by atoms with E-state index >= 15 is 0 Å². The number of carbonyl (C=O) groups excluding carboxylic acids is 2. The third kappa shape index (κ3) is 6.16.